The van der Waals surface area contributed by atoms with Crippen LogP contribution < -0.4 is 11.1 Å². The highest BCUT2D eigenvalue weighted by Crippen LogP contribution is 2.29. The maximum atomic E-state index is 12.6. The van der Waals surface area contributed by atoms with Gasteiger partial charge in [0.05, 0.1) is 5.41 Å². The second kappa shape index (κ2) is 6.27. The van der Waals surface area contributed by atoms with E-state index in [9.17, 15) is 4.79 Å². The molecule has 1 aromatic carbocycles. The smallest absolute Gasteiger partial charge is 0.230 e. The molecule has 1 fully saturated rings. The average Bonchev–Trinajstić information content (AvgIpc) is 2.86. The highest BCUT2D eigenvalue weighted by molar-refractivity contribution is 9.10. The molecule has 2 rings (SSSR count). The Morgan fingerprint density at radius 1 is 1.45 bits per heavy atom. The molecule has 1 aromatic rings. The van der Waals surface area contributed by atoms with Gasteiger partial charge in [-0.1, -0.05) is 34.5 Å². The summed E-state index contributed by atoms with van der Waals surface area (Å²) in [6, 6.07) is 8.18. The molecule has 3 nitrogen and oxygen atoms in total. The van der Waals surface area contributed by atoms with Gasteiger partial charge < -0.3 is 11.1 Å². The Bertz CT molecular complexity index is 487. The summed E-state index contributed by atoms with van der Waals surface area (Å²) in [5, 5.41) is 3.20. The van der Waals surface area contributed by atoms with E-state index in [1.54, 1.807) is 0 Å². The SMILES string of the molecule is CC(C)(C(=O)NC1CCCC1CN)c1cccc(Br)c1. The lowest BCUT2D eigenvalue weighted by Gasteiger charge is -2.28. The van der Waals surface area contributed by atoms with Crippen molar-refractivity contribution in [3.05, 3.63) is 34.3 Å². The largest absolute Gasteiger partial charge is 0.352 e. The van der Waals surface area contributed by atoms with E-state index in [4.69, 9.17) is 5.73 Å². The average molecular weight is 339 g/mol. The zero-order valence-electron chi connectivity index (χ0n) is 12.2. The summed E-state index contributed by atoms with van der Waals surface area (Å²) < 4.78 is 0.997. The summed E-state index contributed by atoms with van der Waals surface area (Å²) >= 11 is 3.46. The molecule has 0 aromatic heterocycles. The fraction of sp³-hybridized carbons (Fsp3) is 0.562. The van der Waals surface area contributed by atoms with Crippen molar-refractivity contribution in [2.24, 2.45) is 11.7 Å². The van der Waals surface area contributed by atoms with Gasteiger partial charge in [-0.25, -0.2) is 0 Å². The van der Waals surface area contributed by atoms with Crippen molar-refractivity contribution < 1.29 is 4.79 Å². The zero-order chi connectivity index (χ0) is 14.8. The van der Waals surface area contributed by atoms with Crippen LogP contribution in [0.2, 0.25) is 0 Å². The lowest BCUT2D eigenvalue weighted by molar-refractivity contribution is -0.126. The maximum Gasteiger partial charge on any atom is 0.230 e. The van der Waals surface area contributed by atoms with Crippen LogP contribution in [0.5, 0.6) is 0 Å². The minimum Gasteiger partial charge on any atom is -0.352 e. The molecule has 110 valence electrons. The van der Waals surface area contributed by atoms with E-state index in [1.165, 1.54) is 0 Å². The second-order valence-electron chi connectivity index (χ2n) is 6.14. The molecule has 0 heterocycles. The van der Waals surface area contributed by atoms with Crippen LogP contribution in [0, 0.1) is 5.92 Å². The quantitative estimate of drug-likeness (QED) is 0.886. The van der Waals surface area contributed by atoms with Gasteiger partial charge in [-0.3, -0.25) is 4.79 Å². The first-order chi connectivity index (χ1) is 9.45. The Labute approximate surface area is 129 Å². The second-order valence-corrected chi connectivity index (χ2v) is 7.06. The lowest BCUT2D eigenvalue weighted by Crippen LogP contribution is -2.47. The van der Waals surface area contributed by atoms with Crippen LogP contribution in [0.15, 0.2) is 28.7 Å². The van der Waals surface area contributed by atoms with Gasteiger partial charge in [-0.15, -0.1) is 0 Å². The number of carbonyl (C=O) groups excluding carboxylic acids is 1. The van der Waals surface area contributed by atoms with Crippen molar-refractivity contribution in [3.63, 3.8) is 0 Å². The fourth-order valence-electron chi connectivity index (χ4n) is 2.87. The molecule has 0 radical (unpaired) electrons. The summed E-state index contributed by atoms with van der Waals surface area (Å²) in [7, 11) is 0. The normalized spacial score (nSPS) is 22.8. The molecule has 0 saturated heterocycles. The van der Waals surface area contributed by atoms with Crippen molar-refractivity contribution in [1.29, 1.82) is 0 Å². The third-order valence-corrected chi connectivity index (χ3v) is 4.89. The number of amides is 1. The van der Waals surface area contributed by atoms with E-state index in [-0.39, 0.29) is 11.9 Å². The molecular weight excluding hydrogens is 316 g/mol. The molecule has 0 bridgehead atoms. The monoisotopic (exact) mass is 338 g/mol. The van der Waals surface area contributed by atoms with Crippen LogP contribution in [0.1, 0.15) is 38.7 Å². The number of nitrogens with one attached hydrogen (secondary N) is 1. The van der Waals surface area contributed by atoms with Gasteiger partial charge in [0.1, 0.15) is 0 Å². The van der Waals surface area contributed by atoms with Crippen molar-refractivity contribution in [3.8, 4) is 0 Å². The summed E-state index contributed by atoms with van der Waals surface area (Å²) in [6.07, 6.45) is 3.32. The van der Waals surface area contributed by atoms with E-state index in [0.717, 1.165) is 29.3 Å². The van der Waals surface area contributed by atoms with E-state index in [0.29, 0.717) is 12.5 Å². The Hall–Kier alpha value is -0.870. The van der Waals surface area contributed by atoms with E-state index in [1.807, 2.05) is 38.1 Å². The number of hydrogen-bond donors (Lipinski definition) is 2. The Kier molecular flexibility index (Phi) is 4.86. The van der Waals surface area contributed by atoms with Gasteiger partial charge in [-0.05, 0) is 56.8 Å². The topological polar surface area (TPSA) is 55.1 Å². The third kappa shape index (κ3) is 3.23. The molecule has 1 aliphatic carbocycles. The summed E-state index contributed by atoms with van der Waals surface area (Å²) in [5.41, 5.74) is 6.27. The van der Waals surface area contributed by atoms with Gasteiger partial charge in [-0.2, -0.15) is 0 Å². The Balaban J connectivity index is 2.11. The number of halogens is 1. The maximum absolute atomic E-state index is 12.6. The summed E-state index contributed by atoms with van der Waals surface area (Å²) in [4.78, 5) is 12.6. The molecule has 20 heavy (non-hydrogen) atoms. The van der Waals surface area contributed by atoms with Crippen molar-refractivity contribution in [2.45, 2.75) is 44.6 Å². The van der Waals surface area contributed by atoms with E-state index in [2.05, 4.69) is 21.2 Å². The molecule has 1 aliphatic rings. The minimum atomic E-state index is -0.536. The number of hydrogen-bond acceptors (Lipinski definition) is 2. The van der Waals surface area contributed by atoms with Crippen LogP contribution in [-0.4, -0.2) is 18.5 Å². The third-order valence-electron chi connectivity index (χ3n) is 4.39. The molecule has 1 saturated carbocycles. The molecule has 4 heteroatoms. The number of rotatable bonds is 4. The number of carbonyl (C=O) groups is 1. The summed E-state index contributed by atoms with van der Waals surface area (Å²) in [6.45, 7) is 4.59. The highest BCUT2D eigenvalue weighted by atomic mass is 79.9. The van der Waals surface area contributed by atoms with Crippen LogP contribution in [-0.2, 0) is 10.2 Å². The van der Waals surface area contributed by atoms with Gasteiger partial charge in [0.15, 0.2) is 0 Å². The predicted octanol–water partition coefficient (Wildman–Crippen LogP) is 2.97. The Morgan fingerprint density at radius 2 is 2.20 bits per heavy atom. The number of benzene rings is 1. The van der Waals surface area contributed by atoms with Crippen LogP contribution in [0.3, 0.4) is 0 Å². The molecule has 2 unspecified atom stereocenters. The predicted molar refractivity (Wildman–Crippen MR) is 85.5 cm³/mol. The van der Waals surface area contributed by atoms with Gasteiger partial charge in [0.2, 0.25) is 5.91 Å². The molecule has 3 N–H and O–H groups in total. The molecule has 2 atom stereocenters. The standard InChI is InChI=1S/C16H23BrN2O/c1-16(2,12-6-4-7-13(17)9-12)15(20)19-14-8-3-5-11(14)10-18/h4,6-7,9,11,14H,3,5,8,10,18H2,1-2H3,(H,19,20). The Morgan fingerprint density at radius 3 is 2.85 bits per heavy atom. The van der Waals surface area contributed by atoms with Gasteiger partial charge in [0.25, 0.3) is 0 Å². The van der Waals surface area contributed by atoms with Crippen LogP contribution >= 0.6 is 15.9 Å². The van der Waals surface area contributed by atoms with Crippen LogP contribution in [0.25, 0.3) is 0 Å². The van der Waals surface area contributed by atoms with Gasteiger partial charge >= 0.3 is 0 Å². The first-order valence-electron chi connectivity index (χ1n) is 7.22. The molecule has 1 amide bonds. The van der Waals surface area contributed by atoms with E-state index < -0.39 is 5.41 Å². The minimum absolute atomic E-state index is 0.0842. The zero-order valence-corrected chi connectivity index (χ0v) is 13.7. The first kappa shape index (κ1) is 15.5. The molecular formula is C16H23BrN2O. The van der Waals surface area contributed by atoms with Gasteiger partial charge in [0, 0.05) is 10.5 Å². The van der Waals surface area contributed by atoms with Crippen molar-refractivity contribution >= 4 is 21.8 Å². The highest BCUT2D eigenvalue weighted by Gasteiger charge is 2.34. The van der Waals surface area contributed by atoms with Crippen LogP contribution in [0.4, 0.5) is 0 Å². The van der Waals surface area contributed by atoms with E-state index >= 15 is 0 Å². The van der Waals surface area contributed by atoms with Crippen molar-refractivity contribution in [1.82, 2.24) is 5.32 Å². The number of nitrogens with two attached hydrogens (primary N) is 1. The molecule has 0 spiro atoms. The summed E-state index contributed by atoms with van der Waals surface area (Å²) in [5.74, 6) is 0.512. The van der Waals surface area contributed by atoms with Crippen molar-refractivity contribution in [2.75, 3.05) is 6.54 Å². The first-order valence-corrected chi connectivity index (χ1v) is 8.01. The molecule has 0 aliphatic heterocycles. The lowest BCUT2D eigenvalue weighted by atomic mass is 9.83. The fourth-order valence-corrected chi connectivity index (χ4v) is 3.27.